The van der Waals surface area contributed by atoms with Crippen LogP contribution in [0.5, 0.6) is 5.88 Å². The minimum absolute atomic E-state index is 0.201. The molecule has 23 heavy (non-hydrogen) atoms. The lowest BCUT2D eigenvalue weighted by molar-refractivity contribution is 0.0779. The van der Waals surface area contributed by atoms with Gasteiger partial charge in [0.15, 0.2) is 6.61 Å². The summed E-state index contributed by atoms with van der Waals surface area (Å²) in [6, 6.07) is 2.76. The van der Waals surface area contributed by atoms with Crippen LogP contribution in [0.3, 0.4) is 0 Å². The zero-order valence-corrected chi connectivity index (χ0v) is 13.3. The number of nitrogens with one attached hydrogen (secondary N) is 2. The number of sulfonamides is 1. The zero-order chi connectivity index (χ0) is 16.5. The van der Waals surface area contributed by atoms with E-state index in [1.807, 2.05) is 0 Å². The van der Waals surface area contributed by atoms with E-state index >= 15 is 0 Å². The third kappa shape index (κ3) is 3.31. The number of ether oxygens (including phenoxy) is 1. The molecule has 1 saturated carbocycles. The highest BCUT2D eigenvalue weighted by Gasteiger charge is 2.49. The largest absolute Gasteiger partial charge is 0.471 e. The monoisotopic (exact) mass is 347 g/mol. The molecule has 0 spiro atoms. The summed E-state index contributed by atoms with van der Waals surface area (Å²) in [7, 11) is -3.91. The molecular weight excluding hydrogens is 328 g/mol. The molecule has 0 radical (unpaired) electrons. The first-order valence-corrected chi connectivity index (χ1v) is 9.02. The lowest BCUT2D eigenvalue weighted by atomic mass is 9.92. The van der Waals surface area contributed by atoms with Gasteiger partial charge in [0.05, 0.1) is 0 Å². The number of pyridine rings is 1. The van der Waals surface area contributed by atoms with Gasteiger partial charge in [-0.2, -0.15) is 0 Å². The number of alkyl halides is 2. The first-order valence-electron chi connectivity index (χ1n) is 7.54. The molecular formula is C14H19F2N3O3S. The van der Waals surface area contributed by atoms with E-state index in [4.69, 9.17) is 4.74 Å². The second-order valence-corrected chi connectivity index (χ2v) is 7.64. The Morgan fingerprint density at radius 2 is 2.35 bits per heavy atom. The normalized spacial score (nSPS) is 27.3. The predicted octanol–water partition coefficient (Wildman–Crippen LogP) is 1.15. The minimum atomic E-state index is -3.91. The topological polar surface area (TPSA) is 80.3 Å². The Morgan fingerprint density at radius 1 is 1.52 bits per heavy atom. The molecule has 6 nitrogen and oxygen atoms in total. The maximum Gasteiger partial charge on any atom is 0.272 e. The molecule has 128 valence electrons. The Balaban J connectivity index is 1.85. The summed E-state index contributed by atoms with van der Waals surface area (Å²) in [6.45, 7) is 0.462. The number of hydrogen-bond acceptors (Lipinski definition) is 5. The van der Waals surface area contributed by atoms with Gasteiger partial charge >= 0.3 is 0 Å². The van der Waals surface area contributed by atoms with Gasteiger partial charge in [0.2, 0.25) is 15.9 Å². The molecule has 0 unspecified atom stereocenters. The van der Waals surface area contributed by atoms with E-state index < -0.39 is 28.6 Å². The van der Waals surface area contributed by atoms with E-state index in [9.17, 15) is 17.2 Å². The molecule has 0 bridgehead atoms. The van der Waals surface area contributed by atoms with Crippen molar-refractivity contribution in [2.45, 2.75) is 36.1 Å². The zero-order valence-electron chi connectivity index (χ0n) is 12.5. The van der Waals surface area contributed by atoms with Crippen LogP contribution in [0.2, 0.25) is 0 Å². The first-order chi connectivity index (χ1) is 10.9. The van der Waals surface area contributed by atoms with Gasteiger partial charge in [0, 0.05) is 18.3 Å². The van der Waals surface area contributed by atoms with Gasteiger partial charge in [-0.1, -0.05) is 6.42 Å². The van der Waals surface area contributed by atoms with Crippen LogP contribution in [0, 0.1) is 5.92 Å². The smallest absolute Gasteiger partial charge is 0.272 e. The molecule has 1 aromatic heterocycles. The number of fused-ring (bicyclic) bond motifs is 1. The van der Waals surface area contributed by atoms with Crippen molar-refractivity contribution >= 4 is 10.0 Å². The van der Waals surface area contributed by atoms with E-state index in [2.05, 4.69) is 15.0 Å². The summed E-state index contributed by atoms with van der Waals surface area (Å²) in [4.78, 5) is 3.58. The molecule has 9 heteroatoms. The SMILES string of the molecule is O=S(=O)(N[C@]12CCC[C@H]1CNC2)c1cccnc1OCC(F)F. The fourth-order valence-electron chi connectivity index (χ4n) is 3.47. The molecule has 1 aliphatic heterocycles. The van der Waals surface area contributed by atoms with Crippen molar-refractivity contribution in [2.24, 2.45) is 5.92 Å². The van der Waals surface area contributed by atoms with Gasteiger partial charge in [0.25, 0.3) is 6.43 Å². The maximum absolute atomic E-state index is 12.7. The second kappa shape index (κ2) is 6.29. The van der Waals surface area contributed by atoms with Crippen molar-refractivity contribution in [3.63, 3.8) is 0 Å². The number of hydrogen-bond donors (Lipinski definition) is 2. The van der Waals surface area contributed by atoms with Crippen molar-refractivity contribution in [3.05, 3.63) is 18.3 Å². The molecule has 2 N–H and O–H groups in total. The van der Waals surface area contributed by atoms with Crippen molar-refractivity contribution in [3.8, 4) is 5.88 Å². The second-order valence-electron chi connectivity index (χ2n) is 5.99. The van der Waals surface area contributed by atoms with Crippen LogP contribution in [-0.4, -0.2) is 45.1 Å². The average molecular weight is 347 g/mol. The van der Waals surface area contributed by atoms with Crippen molar-refractivity contribution in [2.75, 3.05) is 19.7 Å². The standard InChI is InChI=1S/C14H19F2N3O3S/c15-12(16)8-22-13-11(4-2-6-18-13)23(20,21)19-14-5-1-3-10(14)7-17-9-14/h2,4,6,10,12,17,19H,1,3,5,7-9H2/t10-,14-/m0/s1. The number of nitrogens with zero attached hydrogens (tertiary/aromatic N) is 1. The van der Waals surface area contributed by atoms with Crippen molar-refractivity contribution in [1.82, 2.24) is 15.0 Å². The lowest BCUT2D eigenvalue weighted by Crippen LogP contribution is -2.51. The van der Waals surface area contributed by atoms with Crippen LogP contribution in [0.4, 0.5) is 8.78 Å². The molecule has 2 fully saturated rings. The average Bonchev–Trinajstić information content (AvgIpc) is 3.04. The van der Waals surface area contributed by atoms with E-state index in [1.54, 1.807) is 0 Å². The highest BCUT2D eigenvalue weighted by atomic mass is 32.2. The van der Waals surface area contributed by atoms with Gasteiger partial charge in [-0.25, -0.2) is 26.9 Å². The molecule has 3 rings (SSSR count). The fourth-order valence-corrected chi connectivity index (χ4v) is 5.05. The molecule has 1 saturated heterocycles. The third-order valence-electron chi connectivity index (χ3n) is 4.50. The van der Waals surface area contributed by atoms with Gasteiger partial charge in [0.1, 0.15) is 4.90 Å². The van der Waals surface area contributed by atoms with Gasteiger partial charge in [-0.05, 0) is 37.4 Å². The molecule has 2 atom stereocenters. The summed E-state index contributed by atoms with van der Waals surface area (Å²) >= 11 is 0. The Bertz CT molecular complexity index is 659. The molecule has 2 heterocycles. The highest BCUT2D eigenvalue weighted by molar-refractivity contribution is 7.89. The molecule has 0 amide bonds. The van der Waals surface area contributed by atoms with Crippen LogP contribution < -0.4 is 14.8 Å². The number of halogens is 2. The van der Waals surface area contributed by atoms with Crippen LogP contribution in [0.1, 0.15) is 19.3 Å². The van der Waals surface area contributed by atoms with E-state index in [0.29, 0.717) is 6.54 Å². The van der Waals surface area contributed by atoms with Gasteiger partial charge in [-0.15, -0.1) is 0 Å². The van der Waals surface area contributed by atoms with Crippen LogP contribution in [0.15, 0.2) is 23.2 Å². The number of rotatable bonds is 6. The Kier molecular flexibility index (Phi) is 4.52. The van der Waals surface area contributed by atoms with Crippen LogP contribution in [0.25, 0.3) is 0 Å². The highest BCUT2D eigenvalue weighted by Crippen LogP contribution is 2.39. The van der Waals surface area contributed by atoms with Gasteiger partial charge in [-0.3, -0.25) is 0 Å². The Hall–Kier alpha value is -1.32. The van der Waals surface area contributed by atoms with Crippen LogP contribution >= 0.6 is 0 Å². The molecule has 1 aliphatic carbocycles. The molecule has 2 aliphatic rings. The van der Waals surface area contributed by atoms with Crippen molar-refractivity contribution in [1.29, 1.82) is 0 Å². The van der Waals surface area contributed by atoms with E-state index in [0.717, 1.165) is 25.8 Å². The minimum Gasteiger partial charge on any atom is -0.471 e. The predicted molar refractivity (Wildman–Crippen MR) is 79.0 cm³/mol. The quantitative estimate of drug-likeness (QED) is 0.807. The Morgan fingerprint density at radius 3 is 3.13 bits per heavy atom. The summed E-state index contributed by atoms with van der Waals surface area (Å²) in [5.74, 6) is -0.0448. The molecule has 1 aromatic rings. The summed E-state index contributed by atoms with van der Waals surface area (Å²) in [6.07, 6.45) is 1.32. The lowest BCUT2D eigenvalue weighted by Gasteiger charge is -2.29. The van der Waals surface area contributed by atoms with Gasteiger partial charge < -0.3 is 10.1 Å². The third-order valence-corrected chi connectivity index (χ3v) is 6.06. The van der Waals surface area contributed by atoms with Crippen LogP contribution in [-0.2, 0) is 10.0 Å². The number of aromatic nitrogens is 1. The maximum atomic E-state index is 12.7. The van der Waals surface area contributed by atoms with E-state index in [1.165, 1.54) is 18.3 Å². The Labute approximate surface area is 133 Å². The first kappa shape index (κ1) is 16.5. The summed E-state index contributed by atoms with van der Waals surface area (Å²) in [5.41, 5.74) is -0.505. The fraction of sp³-hybridized carbons (Fsp3) is 0.643. The summed E-state index contributed by atoms with van der Waals surface area (Å²) in [5, 5.41) is 3.22. The van der Waals surface area contributed by atoms with Crippen molar-refractivity contribution < 1.29 is 21.9 Å². The van der Waals surface area contributed by atoms with E-state index in [-0.39, 0.29) is 16.7 Å². The summed E-state index contributed by atoms with van der Waals surface area (Å²) < 4.78 is 57.8. The molecule has 0 aromatic carbocycles.